The van der Waals surface area contributed by atoms with Crippen LogP contribution in [0.3, 0.4) is 0 Å². The maximum Gasteiger partial charge on any atom is 0.335 e. The summed E-state index contributed by atoms with van der Waals surface area (Å²) in [7, 11) is 0. The van der Waals surface area contributed by atoms with Crippen LogP contribution in [0.15, 0.2) is 0 Å². The number of ether oxygens (including phenoxy) is 11. The molecule has 6 fully saturated rings. The fraction of sp³-hybridized carbons (Fsp3) is 0.917. The van der Waals surface area contributed by atoms with E-state index in [0.717, 1.165) is 0 Å². The van der Waals surface area contributed by atoms with Gasteiger partial charge in [0, 0.05) is 0 Å². The molecule has 17 N–H and O–H groups in total. The minimum atomic E-state index is -2.44. The molecule has 386 valence electrons. The third kappa shape index (κ3) is 10.7. The van der Waals surface area contributed by atoms with Crippen molar-refractivity contribution in [3.8, 4) is 0 Å². The number of aliphatic carboxylic acids is 3. The zero-order valence-corrected chi connectivity index (χ0v) is 35.1. The lowest BCUT2D eigenvalue weighted by molar-refractivity contribution is -0.399. The lowest BCUT2D eigenvalue weighted by Crippen LogP contribution is -2.68. The Labute approximate surface area is 376 Å². The molecule has 0 aromatic rings. The number of aliphatic hydroxyl groups is 14. The molecular formula is C36H56O31. The summed E-state index contributed by atoms with van der Waals surface area (Å²) >= 11 is 0. The molecule has 6 aliphatic rings. The number of hydrogen-bond donors (Lipinski definition) is 17. The summed E-state index contributed by atoms with van der Waals surface area (Å²) in [5, 5.41) is 179. The number of hydrogen-bond acceptors (Lipinski definition) is 28. The molecule has 0 aromatic heterocycles. The van der Waals surface area contributed by atoms with Crippen LogP contribution in [0.1, 0.15) is 20.8 Å². The fourth-order valence-electron chi connectivity index (χ4n) is 8.21. The number of rotatable bonds is 13. The molecule has 0 bridgehead atoms. The first-order valence-corrected chi connectivity index (χ1v) is 20.7. The zero-order chi connectivity index (χ0) is 49.8. The summed E-state index contributed by atoms with van der Waals surface area (Å²) in [6, 6.07) is 0. The smallest absolute Gasteiger partial charge is 0.335 e. The van der Waals surface area contributed by atoms with Crippen LogP contribution in [-0.2, 0) is 66.5 Å². The topological polar surface area (TPSA) is 497 Å². The highest BCUT2D eigenvalue weighted by molar-refractivity contribution is 5.74. The van der Waals surface area contributed by atoms with Gasteiger partial charge in [-0.3, -0.25) is 0 Å². The maximum atomic E-state index is 12.7. The highest BCUT2D eigenvalue weighted by Gasteiger charge is 2.59. The monoisotopic (exact) mass is 984 g/mol. The van der Waals surface area contributed by atoms with E-state index >= 15 is 0 Å². The predicted octanol–water partition coefficient (Wildman–Crippen LogP) is -10.7. The van der Waals surface area contributed by atoms with E-state index in [-0.39, 0.29) is 0 Å². The Balaban J connectivity index is 1.20. The molecular weight excluding hydrogens is 928 g/mol. The Kier molecular flexibility index (Phi) is 17.2. The molecule has 0 saturated carbocycles. The number of aliphatic hydroxyl groups excluding tert-OH is 14. The Morgan fingerprint density at radius 1 is 0.299 bits per heavy atom. The zero-order valence-electron chi connectivity index (χ0n) is 35.1. The number of carboxylic acid groups (broad SMARTS) is 3. The Morgan fingerprint density at radius 3 is 0.925 bits per heavy atom. The van der Waals surface area contributed by atoms with Gasteiger partial charge in [-0.2, -0.15) is 0 Å². The first-order chi connectivity index (χ1) is 31.3. The fourth-order valence-corrected chi connectivity index (χ4v) is 8.21. The van der Waals surface area contributed by atoms with Gasteiger partial charge in [0.15, 0.2) is 56.1 Å². The van der Waals surface area contributed by atoms with Gasteiger partial charge in [0.1, 0.15) is 110 Å². The summed E-state index contributed by atoms with van der Waals surface area (Å²) in [6.07, 6.45) is -61.9. The van der Waals surface area contributed by atoms with E-state index in [1.807, 2.05) is 0 Å². The van der Waals surface area contributed by atoms with Crippen molar-refractivity contribution in [2.45, 2.75) is 205 Å². The molecule has 6 rings (SSSR count). The average molecular weight is 985 g/mol. The van der Waals surface area contributed by atoms with Gasteiger partial charge in [0.2, 0.25) is 0 Å². The van der Waals surface area contributed by atoms with E-state index in [1.165, 1.54) is 20.8 Å². The molecule has 0 unspecified atom stereocenters. The van der Waals surface area contributed by atoms with Crippen molar-refractivity contribution in [2.24, 2.45) is 0 Å². The standard InChI is InChI=1S/C36H56O31/c1-4-7(37)10(40)17(47)32(57-4)61-21-14(44)18(48)33(66-26(21)29(52)53)65-24-12(42)9(39)6(3)59-36(24)63-22-15(45)19(49)34(67-27(22)30(54)55)64-23-11(41)8(38)5(2)58-35(23)62-20-13(43)16(46)31(56)60-25(20)28(50)51/h4-27,31-49,56H,1-3H3,(H,50,51)(H,52,53)(H,54,55)/t4-,5-,6-,7-,8-,9-,10+,11+,12+,13+,14+,15+,16+,17+,18+,19+,20+,21+,22+,23+,24+,25-,26-,27-,31-,32-,33-,34-,35-,36-/m0/s1. The Hall–Kier alpha value is -2.59. The van der Waals surface area contributed by atoms with E-state index in [2.05, 4.69) is 0 Å². The van der Waals surface area contributed by atoms with Crippen LogP contribution in [0, 0.1) is 0 Å². The van der Waals surface area contributed by atoms with Gasteiger partial charge >= 0.3 is 17.9 Å². The van der Waals surface area contributed by atoms with Gasteiger partial charge in [0.05, 0.1) is 18.3 Å². The maximum absolute atomic E-state index is 12.7. The van der Waals surface area contributed by atoms with E-state index < -0.39 is 202 Å². The molecule has 31 nitrogen and oxygen atoms in total. The van der Waals surface area contributed by atoms with Crippen LogP contribution in [-0.4, -0.2) is 289 Å². The summed E-state index contributed by atoms with van der Waals surface area (Å²) in [5.74, 6) is -5.65. The van der Waals surface area contributed by atoms with Crippen molar-refractivity contribution < 1.29 is 153 Å². The van der Waals surface area contributed by atoms with Crippen molar-refractivity contribution in [1.29, 1.82) is 0 Å². The SMILES string of the molecule is C[C@@H]1O[C@@H](O[C@@H]2[C@H](O)[C@@H](O)[C@@H](O[C@H]3[C@H](O[C@@H]4[C@H](O)[C@@H](O)[C@@H](O[C@H]5[C@H](O[C@@H]6[C@H](O)[C@@H](O)[C@@H](O)O[C@@H]6C(=O)O)O[C@@H](C)[C@H](O)[C@H]5O)O[C@@H]4C(=O)O)O[C@@H](C)[C@H](O)[C@H]3O)O[C@@H]2C(=O)O)[C@H](O)[C@H](O)[C@H]1O. The van der Waals surface area contributed by atoms with Gasteiger partial charge < -0.3 is 139 Å². The van der Waals surface area contributed by atoms with Gasteiger partial charge in [-0.1, -0.05) is 0 Å². The Bertz CT molecular complexity index is 1700. The molecule has 6 saturated heterocycles. The van der Waals surface area contributed by atoms with Gasteiger partial charge in [-0.05, 0) is 20.8 Å². The van der Waals surface area contributed by atoms with Crippen LogP contribution in [0.2, 0.25) is 0 Å². The molecule has 6 aliphatic heterocycles. The molecule has 6 heterocycles. The van der Waals surface area contributed by atoms with Crippen LogP contribution in [0.25, 0.3) is 0 Å². The second-order valence-corrected chi connectivity index (χ2v) is 16.8. The van der Waals surface area contributed by atoms with Crippen molar-refractivity contribution in [3.63, 3.8) is 0 Å². The first-order valence-electron chi connectivity index (χ1n) is 20.7. The molecule has 67 heavy (non-hydrogen) atoms. The minimum absolute atomic E-state index is 1.18. The molecule has 0 amide bonds. The number of carboxylic acids is 3. The van der Waals surface area contributed by atoms with Crippen molar-refractivity contribution >= 4 is 17.9 Å². The summed E-state index contributed by atoms with van der Waals surface area (Å²) in [6.45, 7) is 3.66. The normalized spacial score (nSPS) is 53.1. The van der Waals surface area contributed by atoms with Crippen molar-refractivity contribution in [2.75, 3.05) is 0 Å². The first kappa shape index (κ1) is 53.8. The van der Waals surface area contributed by atoms with E-state index in [4.69, 9.17) is 52.1 Å². The highest BCUT2D eigenvalue weighted by atomic mass is 16.8. The average Bonchev–Trinajstić information content (AvgIpc) is 3.27. The second-order valence-electron chi connectivity index (χ2n) is 16.8. The summed E-state index contributed by atoms with van der Waals surface area (Å²) < 4.78 is 60.0. The van der Waals surface area contributed by atoms with E-state index in [9.17, 15) is 101 Å². The van der Waals surface area contributed by atoms with Gasteiger partial charge in [0.25, 0.3) is 0 Å². The third-order valence-corrected chi connectivity index (χ3v) is 12.2. The summed E-state index contributed by atoms with van der Waals surface area (Å²) in [4.78, 5) is 37.0. The number of carbonyl (C=O) groups is 3. The van der Waals surface area contributed by atoms with Crippen LogP contribution >= 0.6 is 0 Å². The minimum Gasteiger partial charge on any atom is -0.479 e. The molecule has 0 radical (unpaired) electrons. The quantitative estimate of drug-likeness (QED) is 0.0815. The predicted molar refractivity (Wildman–Crippen MR) is 197 cm³/mol. The molecule has 0 aromatic carbocycles. The van der Waals surface area contributed by atoms with Crippen LogP contribution < -0.4 is 0 Å². The van der Waals surface area contributed by atoms with Crippen molar-refractivity contribution in [1.82, 2.24) is 0 Å². The van der Waals surface area contributed by atoms with Crippen LogP contribution in [0.5, 0.6) is 0 Å². The molecule has 30 atom stereocenters. The second kappa shape index (κ2) is 21.4. The van der Waals surface area contributed by atoms with Crippen molar-refractivity contribution in [3.05, 3.63) is 0 Å². The third-order valence-electron chi connectivity index (χ3n) is 12.2. The van der Waals surface area contributed by atoms with E-state index in [1.54, 1.807) is 0 Å². The van der Waals surface area contributed by atoms with Crippen LogP contribution in [0.4, 0.5) is 0 Å². The van der Waals surface area contributed by atoms with E-state index in [0.29, 0.717) is 0 Å². The van der Waals surface area contributed by atoms with Gasteiger partial charge in [-0.25, -0.2) is 14.4 Å². The highest BCUT2D eigenvalue weighted by Crippen LogP contribution is 2.37. The molecule has 0 aliphatic carbocycles. The molecule has 31 heteroatoms. The lowest BCUT2D eigenvalue weighted by Gasteiger charge is -2.49. The Morgan fingerprint density at radius 2 is 0.552 bits per heavy atom. The molecule has 0 spiro atoms. The largest absolute Gasteiger partial charge is 0.479 e. The lowest BCUT2D eigenvalue weighted by atomic mass is 9.95. The summed E-state index contributed by atoms with van der Waals surface area (Å²) in [5.41, 5.74) is 0. The van der Waals surface area contributed by atoms with Gasteiger partial charge in [-0.15, -0.1) is 0 Å².